The topological polar surface area (TPSA) is 72.5 Å². The quantitative estimate of drug-likeness (QED) is 0.802. The van der Waals surface area contributed by atoms with Gasteiger partial charge in [0, 0.05) is 12.3 Å². The second-order valence-electron chi connectivity index (χ2n) is 4.09. The Hall–Kier alpha value is -1.55. The number of hydrogen-bond donors (Lipinski definition) is 2. The third-order valence-corrected chi connectivity index (χ3v) is 3.06. The minimum absolute atomic E-state index is 0.245. The third-order valence-electron chi connectivity index (χ3n) is 3.06. The molecule has 2 atom stereocenters. The fraction of sp³-hybridized carbons (Fsp3) is 0.417. The fourth-order valence-electron chi connectivity index (χ4n) is 2.01. The second-order valence-corrected chi connectivity index (χ2v) is 4.09. The van der Waals surface area contributed by atoms with Crippen molar-refractivity contribution in [3.05, 3.63) is 29.3 Å². The molecule has 0 saturated heterocycles. The Morgan fingerprint density at radius 3 is 3.00 bits per heavy atom. The number of carboxylic acids is 1. The van der Waals surface area contributed by atoms with E-state index in [1.165, 1.54) is 0 Å². The lowest BCUT2D eigenvalue weighted by Gasteiger charge is -2.18. The molecule has 2 unspecified atom stereocenters. The first kappa shape index (κ1) is 11.0. The Bertz CT molecular complexity index is 417. The van der Waals surface area contributed by atoms with Gasteiger partial charge in [-0.25, -0.2) is 0 Å². The molecule has 0 aliphatic carbocycles. The number of rotatable bonds is 3. The molecular weight excluding hydrogens is 206 g/mol. The molecule has 0 radical (unpaired) electrons. The lowest BCUT2D eigenvalue weighted by atomic mass is 9.91. The highest BCUT2D eigenvalue weighted by atomic mass is 16.5. The molecule has 4 heteroatoms. The maximum absolute atomic E-state index is 10.8. The molecule has 4 nitrogen and oxygen atoms in total. The van der Waals surface area contributed by atoms with Gasteiger partial charge < -0.3 is 15.6 Å². The van der Waals surface area contributed by atoms with E-state index in [-0.39, 0.29) is 5.92 Å². The third kappa shape index (κ3) is 1.76. The van der Waals surface area contributed by atoms with Crippen LogP contribution in [0.15, 0.2) is 18.2 Å². The van der Waals surface area contributed by atoms with Crippen LogP contribution in [-0.2, 0) is 11.2 Å². The highest BCUT2D eigenvalue weighted by molar-refractivity contribution is 5.75. The summed E-state index contributed by atoms with van der Waals surface area (Å²) in [6.45, 7) is 2.48. The molecule has 1 aromatic carbocycles. The van der Waals surface area contributed by atoms with Gasteiger partial charge in [0.2, 0.25) is 0 Å². The smallest absolute Gasteiger partial charge is 0.321 e. The molecule has 0 bridgehead atoms. The van der Waals surface area contributed by atoms with Crippen LogP contribution in [0.1, 0.15) is 24.0 Å². The van der Waals surface area contributed by atoms with Crippen molar-refractivity contribution < 1.29 is 14.6 Å². The summed E-state index contributed by atoms with van der Waals surface area (Å²) >= 11 is 0. The lowest BCUT2D eigenvalue weighted by Crippen LogP contribution is -2.35. The Morgan fingerprint density at radius 2 is 2.31 bits per heavy atom. The van der Waals surface area contributed by atoms with E-state index in [0.29, 0.717) is 6.61 Å². The number of fused-ring (bicyclic) bond motifs is 1. The van der Waals surface area contributed by atoms with Gasteiger partial charge in [-0.1, -0.05) is 25.1 Å². The van der Waals surface area contributed by atoms with Crippen molar-refractivity contribution in [3.8, 4) is 5.75 Å². The molecule has 0 saturated carbocycles. The van der Waals surface area contributed by atoms with Crippen LogP contribution in [0.2, 0.25) is 0 Å². The number of ether oxygens (including phenoxy) is 1. The van der Waals surface area contributed by atoms with E-state index in [1.54, 1.807) is 0 Å². The highest BCUT2D eigenvalue weighted by Crippen LogP contribution is 2.35. The Morgan fingerprint density at radius 1 is 1.56 bits per heavy atom. The monoisotopic (exact) mass is 221 g/mol. The SMILES string of the molecule is CC(c1cccc2c1OCC2)C(N)C(=O)O. The van der Waals surface area contributed by atoms with Crippen molar-refractivity contribution in [1.82, 2.24) is 0 Å². The largest absolute Gasteiger partial charge is 0.493 e. The Balaban J connectivity index is 2.34. The predicted octanol–water partition coefficient (Wildman–Crippen LogP) is 1.14. The molecule has 1 aliphatic heterocycles. The molecule has 16 heavy (non-hydrogen) atoms. The van der Waals surface area contributed by atoms with Crippen LogP contribution in [0.25, 0.3) is 0 Å². The number of para-hydroxylation sites is 1. The van der Waals surface area contributed by atoms with E-state index < -0.39 is 12.0 Å². The molecule has 0 aromatic heterocycles. The molecule has 1 aromatic rings. The zero-order valence-corrected chi connectivity index (χ0v) is 9.14. The minimum Gasteiger partial charge on any atom is -0.493 e. The predicted molar refractivity (Wildman–Crippen MR) is 59.7 cm³/mol. The van der Waals surface area contributed by atoms with E-state index >= 15 is 0 Å². The number of hydrogen-bond acceptors (Lipinski definition) is 3. The van der Waals surface area contributed by atoms with Crippen molar-refractivity contribution in [3.63, 3.8) is 0 Å². The van der Waals surface area contributed by atoms with Gasteiger partial charge in [0.25, 0.3) is 0 Å². The molecule has 0 amide bonds. The number of carboxylic acid groups (broad SMARTS) is 1. The average molecular weight is 221 g/mol. The molecule has 3 N–H and O–H groups in total. The summed E-state index contributed by atoms with van der Waals surface area (Å²) in [5.74, 6) is -0.402. The first-order valence-electron chi connectivity index (χ1n) is 5.34. The number of nitrogens with two attached hydrogens (primary N) is 1. The van der Waals surface area contributed by atoms with E-state index in [9.17, 15) is 4.79 Å². The zero-order chi connectivity index (χ0) is 11.7. The van der Waals surface area contributed by atoms with Crippen molar-refractivity contribution >= 4 is 5.97 Å². The fourth-order valence-corrected chi connectivity index (χ4v) is 2.01. The minimum atomic E-state index is -0.983. The van der Waals surface area contributed by atoms with Crippen molar-refractivity contribution in [1.29, 1.82) is 0 Å². The van der Waals surface area contributed by atoms with Crippen LogP contribution in [-0.4, -0.2) is 23.7 Å². The van der Waals surface area contributed by atoms with E-state index in [2.05, 4.69) is 0 Å². The van der Waals surface area contributed by atoms with Crippen molar-refractivity contribution in [2.45, 2.75) is 25.3 Å². The molecule has 2 rings (SSSR count). The van der Waals surface area contributed by atoms with Gasteiger partial charge in [-0.05, 0) is 11.1 Å². The standard InChI is InChI=1S/C12H15NO3/c1-7(10(13)12(14)15)9-4-2-3-8-5-6-16-11(8)9/h2-4,7,10H,5-6,13H2,1H3,(H,14,15). The van der Waals surface area contributed by atoms with Gasteiger partial charge in [0.05, 0.1) is 6.61 Å². The molecule has 86 valence electrons. The van der Waals surface area contributed by atoms with Crippen LogP contribution < -0.4 is 10.5 Å². The molecule has 1 aliphatic rings. The van der Waals surface area contributed by atoms with Crippen LogP contribution >= 0.6 is 0 Å². The summed E-state index contributed by atoms with van der Waals surface area (Å²) in [6, 6.07) is 4.92. The average Bonchev–Trinajstić information content (AvgIpc) is 2.74. The van der Waals surface area contributed by atoms with E-state index in [4.69, 9.17) is 15.6 Å². The van der Waals surface area contributed by atoms with E-state index in [1.807, 2.05) is 25.1 Å². The first-order chi connectivity index (χ1) is 7.61. The summed E-state index contributed by atoms with van der Waals surface area (Å²) in [6.07, 6.45) is 0.887. The molecule has 0 fully saturated rings. The van der Waals surface area contributed by atoms with Crippen LogP contribution in [0.5, 0.6) is 5.75 Å². The number of benzene rings is 1. The van der Waals surface area contributed by atoms with Gasteiger partial charge in [0.1, 0.15) is 11.8 Å². The van der Waals surface area contributed by atoms with Crippen molar-refractivity contribution in [2.75, 3.05) is 6.61 Å². The second kappa shape index (κ2) is 4.14. The van der Waals surface area contributed by atoms with Gasteiger partial charge in [-0.15, -0.1) is 0 Å². The van der Waals surface area contributed by atoms with Gasteiger partial charge in [-0.2, -0.15) is 0 Å². The lowest BCUT2D eigenvalue weighted by molar-refractivity contribution is -0.139. The van der Waals surface area contributed by atoms with Crippen LogP contribution in [0.3, 0.4) is 0 Å². The van der Waals surface area contributed by atoms with Crippen LogP contribution in [0.4, 0.5) is 0 Å². The summed E-state index contributed by atoms with van der Waals surface area (Å²) in [5.41, 5.74) is 7.67. The van der Waals surface area contributed by atoms with Gasteiger partial charge >= 0.3 is 5.97 Å². The first-order valence-corrected chi connectivity index (χ1v) is 5.34. The number of aliphatic carboxylic acids is 1. The molecule has 1 heterocycles. The van der Waals surface area contributed by atoms with E-state index in [0.717, 1.165) is 23.3 Å². The Kier molecular flexibility index (Phi) is 2.83. The molecular formula is C12H15NO3. The van der Waals surface area contributed by atoms with Gasteiger partial charge in [-0.3, -0.25) is 4.79 Å². The van der Waals surface area contributed by atoms with Gasteiger partial charge in [0.15, 0.2) is 0 Å². The van der Waals surface area contributed by atoms with Crippen LogP contribution in [0, 0.1) is 0 Å². The maximum Gasteiger partial charge on any atom is 0.321 e. The summed E-state index contributed by atoms with van der Waals surface area (Å²) in [5, 5.41) is 8.90. The number of carbonyl (C=O) groups is 1. The van der Waals surface area contributed by atoms with Crippen molar-refractivity contribution in [2.24, 2.45) is 5.73 Å². The normalized spacial score (nSPS) is 17.4. The summed E-state index contributed by atoms with van der Waals surface area (Å²) in [4.78, 5) is 10.8. The maximum atomic E-state index is 10.8. The summed E-state index contributed by atoms with van der Waals surface area (Å²) < 4.78 is 5.53. The molecule has 0 spiro atoms. The Labute approximate surface area is 94.0 Å². The summed E-state index contributed by atoms with van der Waals surface area (Å²) in [7, 11) is 0. The zero-order valence-electron chi connectivity index (χ0n) is 9.14. The highest BCUT2D eigenvalue weighted by Gasteiger charge is 2.26.